The molecule has 1 fully saturated rings. The number of amides is 2. The lowest BCUT2D eigenvalue weighted by Crippen LogP contribution is -2.47. The number of pyridine rings is 1. The lowest BCUT2D eigenvalue weighted by Gasteiger charge is -2.23. The summed E-state index contributed by atoms with van der Waals surface area (Å²) in [7, 11) is 0. The molecule has 0 aromatic carbocycles. The van der Waals surface area contributed by atoms with Gasteiger partial charge < -0.3 is 10.6 Å². The molecule has 1 aromatic rings. The molecule has 0 saturated carbocycles. The standard InChI is InChI=1S/C15H17FN4O2.ClH/c16-11-7-10(19-12-1-2-13(21)20-15(12)22)8-18-14(11)9-3-5-17-6-4-9;/h3,7-8,12,17,19H,1-2,4-6H2,(H,20,21,22);1H. The highest BCUT2D eigenvalue weighted by atomic mass is 35.5. The van der Waals surface area contributed by atoms with Crippen LogP contribution in [0, 0.1) is 5.82 Å². The fourth-order valence-electron chi connectivity index (χ4n) is 2.62. The Balaban J connectivity index is 0.00000192. The van der Waals surface area contributed by atoms with Gasteiger partial charge in [-0.1, -0.05) is 6.08 Å². The molecule has 1 aromatic heterocycles. The van der Waals surface area contributed by atoms with Crippen LogP contribution in [0.5, 0.6) is 0 Å². The second-order valence-electron chi connectivity index (χ2n) is 5.39. The Morgan fingerprint density at radius 3 is 2.78 bits per heavy atom. The summed E-state index contributed by atoms with van der Waals surface area (Å²) in [5.41, 5.74) is 1.68. The Kier molecular flexibility index (Phi) is 5.68. The largest absolute Gasteiger partial charge is 0.372 e. The number of piperidine rings is 1. The molecule has 2 amide bonds. The molecule has 0 spiro atoms. The average molecular weight is 341 g/mol. The van der Waals surface area contributed by atoms with Crippen molar-refractivity contribution in [3.05, 3.63) is 29.9 Å². The maximum absolute atomic E-state index is 14.2. The summed E-state index contributed by atoms with van der Waals surface area (Å²) in [5.74, 6) is -1.08. The van der Waals surface area contributed by atoms with E-state index in [1.807, 2.05) is 6.08 Å². The van der Waals surface area contributed by atoms with Crippen LogP contribution in [0.2, 0.25) is 0 Å². The zero-order chi connectivity index (χ0) is 15.5. The number of aromatic nitrogens is 1. The third-order valence-corrected chi connectivity index (χ3v) is 3.79. The van der Waals surface area contributed by atoms with Gasteiger partial charge in [-0.05, 0) is 25.0 Å². The van der Waals surface area contributed by atoms with Gasteiger partial charge in [0, 0.05) is 19.0 Å². The van der Waals surface area contributed by atoms with E-state index in [4.69, 9.17) is 0 Å². The summed E-state index contributed by atoms with van der Waals surface area (Å²) in [5, 5.41) is 8.35. The van der Waals surface area contributed by atoms with Gasteiger partial charge in [0.05, 0.1) is 11.9 Å². The smallest absolute Gasteiger partial charge is 0.249 e. The van der Waals surface area contributed by atoms with Crippen molar-refractivity contribution in [3.63, 3.8) is 0 Å². The second-order valence-corrected chi connectivity index (χ2v) is 5.39. The van der Waals surface area contributed by atoms with Crippen LogP contribution in [0.3, 0.4) is 0 Å². The maximum atomic E-state index is 14.2. The SMILES string of the molecule is Cl.O=C1CCC(Nc2cnc(C3=CCNCC3)c(F)c2)C(=O)N1. The minimum absolute atomic E-state index is 0. The molecule has 3 heterocycles. The fourth-order valence-corrected chi connectivity index (χ4v) is 2.62. The quantitative estimate of drug-likeness (QED) is 0.721. The monoisotopic (exact) mass is 340 g/mol. The summed E-state index contributed by atoms with van der Waals surface area (Å²) in [6.07, 6.45) is 4.86. The number of carbonyl (C=O) groups excluding carboxylic acids is 2. The Bertz CT molecular complexity index is 650. The number of anilines is 1. The van der Waals surface area contributed by atoms with Crippen molar-refractivity contribution < 1.29 is 14.0 Å². The minimum Gasteiger partial charge on any atom is -0.372 e. The first-order valence-electron chi connectivity index (χ1n) is 7.29. The molecule has 23 heavy (non-hydrogen) atoms. The fraction of sp³-hybridized carbons (Fsp3) is 0.400. The molecule has 2 aliphatic heterocycles. The summed E-state index contributed by atoms with van der Waals surface area (Å²) in [4.78, 5) is 27.0. The summed E-state index contributed by atoms with van der Waals surface area (Å²) in [6.45, 7) is 1.52. The van der Waals surface area contributed by atoms with Crippen LogP contribution in [0.25, 0.3) is 5.57 Å². The topological polar surface area (TPSA) is 83.1 Å². The highest BCUT2D eigenvalue weighted by molar-refractivity contribution is 6.01. The molecule has 0 aliphatic carbocycles. The molecule has 1 unspecified atom stereocenters. The zero-order valence-electron chi connectivity index (χ0n) is 12.4. The van der Waals surface area contributed by atoms with E-state index in [1.54, 1.807) is 0 Å². The van der Waals surface area contributed by atoms with Crippen LogP contribution >= 0.6 is 12.4 Å². The van der Waals surface area contributed by atoms with Crippen molar-refractivity contribution in [2.75, 3.05) is 18.4 Å². The number of rotatable bonds is 3. The van der Waals surface area contributed by atoms with Gasteiger partial charge in [0.25, 0.3) is 0 Å². The van der Waals surface area contributed by atoms with Crippen LogP contribution < -0.4 is 16.0 Å². The molecule has 8 heteroatoms. The number of nitrogens with zero attached hydrogens (tertiary/aromatic N) is 1. The summed E-state index contributed by atoms with van der Waals surface area (Å²) >= 11 is 0. The molecule has 0 bridgehead atoms. The number of halogens is 2. The van der Waals surface area contributed by atoms with E-state index in [0.29, 0.717) is 24.3 Å². The zero-order valence-corrected chi connectivity index (χ0v) is 13.2. The molecule has 6 nitrogen and oxygen atoms in total. The van der Waals surface area contributed by atoms with Crippen LogP contribution in [-0.4, -0.2) is 35.9 Å². The van der Waals surface area contributed by atoms with E-state index < -0.39 is 11.9 Å². The Morgan fingerprint density at radius 2 is 2.13 bits per heavy atom. The van der Waals surface area contributed by atoms with Crippen molar-refractivity contribution in [2.45, 2.75) is 25.3 Å². The Labute approximate surface area is 139 Å². The lowest BCUT2D eigenvalue weighted by atomic mass is 10.0. The first kappa shape index (κ1) is 17.4. The van der Waals surface area contributed by atoms with Gasteiger partial charge >= 0.3 is 0 Å². The van der Waals surface area contributed by atoms with E-state index in [1.165, 1.54) is 12.3 Å². The molecule has 2 aliphatic rings. The van der Waals surface area contributed by atoms with E-state index >= 15 is 0 Å². The predicted octanol–water partition coefficient (Wildman–Crippen LogP) is 1.24. The molecular weight excluding hydrogens is 323 g/mol. The van der Waals surface area contributed by atoms with E-state index in [9.17, 15) is 14.0 Å². The van der Waals surface area contributed by atoms with Gasteiger partial charge in [-0.3, -0.25) is 19.9 Å². The second kappa shape index (κ2) is 7.52. The number of carbonyl (C=O) groups is 2. The normalized spacial score (nSPS) is 21.1. The van der Waals surface area contributed by atoms with Crippen LogP contribution in [0.4, 0.5) is 10.1 Å². The van der Waals surface area contributed by atoms with Crippen LogP contribution in [-0.2, 0) is 9.59 Å². The molecule has 0 radical (unpaired) electrons. The molecule has 3 N–H and O–H groups in total. The van der Waals surface area contributed by atoms with Crippen molar-refractivity contribution in [1.29, 1.82) is 0 Å². The minimum atomic E-state index is -0.539. The van der Waals surface area contributed by atoms with Crippen molar-refractivity contribution in [3.8, 4) is 0 Å². The van der Waals surface area contributed by atoms with E-state index in [2.05, 4.69) is 20.9 Å². The van der Waals surface area contributed by atoms with Gasteiger partial charge in [0.2, 0.25) is 11.8 Å². The van der Waals surface area contributed by atoms with Crippen LogP contribution in [0.15, 0.2) is 18.3 Å². The van der Waals surface area contributed by atoms with E-state index in [-0.39, 0.29) is 30.6 Å². The van der Waals surface area contributed by atoms with Gasteiger partial charge in [-0.15, -0.1) is 12.4 Å². The summed E-state index contributed by atoms with van der Waals surface area (Å²) < 4.78 is 14.2. The molecule has 1 saturated heterocycles. The number of nitrogens with one attached hydrogen (secondary N) is 3. The molecule has 3 rings (SSSR count). The highest BCUT2D eigenvalue weighted by Gasteiger charge is 2.26. The van der Waals surface area contributed by atoms with Gasteiger partial charge in [-0.2, -0.15) is 0 Å². The van der Waals surface area contributed by atoms with Crippen molar-refractivity contribution in [1.82, 2.24) is 15.6 Å². The van der Waals surface area contributed by atoms with Crippen LogP contribution in [0.1, 0.15) is 25.0 Å². The molecule has 1 atom stereocenters. The van der Waals surface area contributed by atoms with Gasteiger partial charge in [0.15, 0.2) is 5.82 Å². The van der Waals surface area contributed by atoms with Crippen molar-refractivity contribution in [2.24, 2.45) is 0 Å². The first-order chi connectivity index (χ1) is 10.6. The third kappa shape index (κ3) is 4.05. The molecule has 124 valence electrons. The van der Waals surface area contributed by atoms with E-state index in [0.717, 1.165) is 18.5 Å². The maximum Gasteiger partial charge on any atom is 0.249 e. The Morgan fingerprint density at radius 1 is 1.30 bits per heavy atom. The van der Waals surface area contributed by atoms with Crippen molar-refractivity contribution >= 4 is 35.5 Å². The number of hydrogen-bond acceptors (Lipinski definition) is 5. The number of imide groups is 1. The summed E-state index contributed by atoms with van der Waals surface area (Å²) in [6, 6.07) is 0.803. The average Bonchev–Trinajstić information content (AvgIpc) is 2.51. The molecular formula is C15H18ClFN4O2. The lowest BCUT2D eigenvalue weighted by molar-refractivity contribution is -0.133. The Hall–Kier alpha value is -1.99. The predicted molar refractivity (Wildman–Crippen MR) is 86.7 cm³/mol. The number of hydrogen-bond donors (Lipinski definition) is 3. The first-order valence-corrected chi connectivity index (χ1v) is 7.29. The van der Waals surface area contributed by atoms with Gasteiger partial charge in [0.1, 0.15) is 11.7 Å². The highest BCUT2D eigenvalue weighted by Crippen LogP contribution is 2.23. The third-order valence-electron chi connectivity index (χ3n) is 3.79. The van der Waals surface area contributed by atoms with Gasteiger partial charge in [-0.25, -0.2) is 4.39 Å².